The van der Waals surface area contributed by atoms with E-state index in [1.807, 2.05) is 42.5 Å². The molecule has 0 amide bonds. The third-order valence-corrected chi connectivity index (χ3v) is 2.91. The molecule has 0 fully saturated rings. The SMILES string of the molecule is COc1cc(NN)ccc1C=C(C#N)c1ccccc1. The molecule has 0 aliphatic carbocycles. The Morgan fingerprint density at radius 2 is 2.00 bits per heavy atom. The zero-order valence-electron chi connectivity index (χ0n) is 11.1. The van der Waals surface area contributed by atoms with E-state index >= 15 is 0 Å². The van der Waals surface area contributed by atoms with Crippen LogP contribution in [0.15, 0.2) is 48.5 Å². The fourth-order valence-corrected chi connectivity index (χ4v) is 1.87. The number of allylic oxidation sites excluding steroid dienone is 1. The molecule has 20 heavy (non-hydrogen) atoms. The van der Waals surface area contributed by atoms with E-state index < -0.39 is 0 Å². The van der Waals surface area contributed by atoms with Crippen molar-refractivity contribution in [3.8, 4) is 11.8 Å². The summed E-state index contributed by atoms with van der Waals surface area (Å²) in [6.45, 7) is 0. The van der Waals surface area contributed by atoms with E-state index in [-0.39, 0.29) is 0 Å². The molecule has 0 aromatic heterocycles. The molecule has 3 N–H and O–H groups in total. The molecule has 2 rings (SSSR count). The number of hydrogen-bond donors (Lipinski definition) is 2. The lowest BCUT2D eigenvalue weighted by Gasteiger charge is -2.08. The Kier molecular flexibility index (Phi) is 4.38. The monoisotopic (exact) mass is 265 g/mol. The smallest absolute Gasteiger partial charge is 0.128 e. The van der Waals surface area contributed by atoms with E-state index in [1.54, 1.807) is 19.3 Å². The number of rotatable bonds is 4. The number of ether oxygens (including phenoxy) is 1. The summed E-state index contributed by atoms with van der Waals surface area (Å²) in [5.41, 5.74) is 5.59. The van der Waals surface area contributed by atoms with Crippen LogP contribution < -0.4 is 16.0 Å². The second kappa shape index (κ2) is 6.41. The number of nitrogens with two attached hydrogens (primary N) is 1. The summed E-state index contributed by atoms with van der Waals surface area (Å²) < 4.78 is 5.32. The van der Waals surface area contributed by atoms with Gasteiger partial charge in [0.1, 0.15) is 5.75 Å². The second-order valence-electron chi connectivity index (χ2n) is 4.14. The average Bonchev–Trinajstić information content (AvgIpc) is 2.53. The number of methoxy groups -OCH3 is 1. The zero-order chi connectivity index (χ0) is 14.4. The normalized spacial score (nSPS) is 10.8. The minimum atomic E-state index is 0.581. The molecule has 2 aromatic carbocycles. The third kappa shape index (κ3) is 2.97. The van der Waals surface area contributed by atoms with Crippen LogP contribution in [-0.2, 0) is 0 Å². The summed E-state index contributed by atoms with van der Waals surface area (Å²) in [7, 11) is 1.58. The summed E-state index contributed by atoms with van der Waals surface area (Å²) in [5.74, 6) is 6.03. The number of benzene rings is 2. The maximum absolute atomic E-state index is 9.31. The van der Waals surface area contributed by atoms with Gasteiger partial charge in [0.15, 0.2) is 0 Å². The van der Waals surface area contributed by atoms with Gasteiger partial charge in [0.25, 0.3) is 0 Å². The van der Waals surface area contributed by atoms with Crippen molar-refractivity contribution in [2.24, 2.45) is 5.84 Å². The van der Waals surface area contributed by atoms with Crippen molar-refractivity contribution < 1.29 is 4.74 Å². The Labute approximate surface area is 118 Å². The first-order valence-corrected chi connectivity index (χ1v) is 6.10. The molecular formula is C16H15N3O. The van der Waals surface area contributed by atoms with Crippen LogP contribution in [0.25, 0.3) is 11.6 Å². The number of hydrazine groups is 1. The van der Waals surface area contributed by atoms with Crippen LogP contribution in [0.2, 0.25) is 0 Å². The Morgan fingerprint density at radius 1 is 1.25 bits per heavy atom. The van der Waals surface area contributed by atoms with Crippen molar-refractivity contribution in [2.45, 2.75) is 0 Å². The lowest BCUT2D eigenvalue weighted by Crippen LogP contribution is -2.06. The summed E-state index contributed by atoms with van der Waals surface area (Å²) in [6, 6.07) is 17.2. The minimum Gasteiger partial charge on any atom is -0.496 e. The molecule has 0 atom stereocenters. The van der Waals surface area contributed by atoms with Crippen molar-refractivity contribution in [3.05, 3.63) is 59.7 Å². The molecule has 0 saturated carbocycles. The van der Waals surface area contributed by atoms with Crippen LogP contribution >= 0.6 is 0 Å². The molecule has 0 heterocycles. The highest BCUT2D eigenvalue weighted by Gasteiger charge is 2.05. The van der Waals surface area contributed by atoms with Gasteiger partial charge >= 0.3 is 0 Å². The van der Waals surface area contributed by atoms with E-state index in [0.717, 1.165) is 16.8 Å². The highest BCUT2D eigenvalue weighted by molar-refractivity contribution is 5.90. The largest absolute Gasteiger partial charge is 0.496 e. The molecule has 0 unspecified atom stereocenters. The van der Waals surface area contributed by atoms with E-state index in [9.17, 15) is 5.26 Å². The van der Waals surface area contributed by atoms with Crippen LogP contribution in [0.1, 0.15) is 11.1 Å². The maximum Gasteiger partial charge on any atom is 0.128 e. The molecule has 0 saturated heterocycles. The second-order valence-corrected chi connectivity index (χ2v) is 4.14. The standard InChI is InChI=1S/C16H15N3O/c1-20-16-10-15(19-18)8-7-13(16)9-14(11-17)12-5-3-2-4-6-12/h2-10,19H,18H2,1H3. The topological polar surface area (TPSA) is 71.1 Å². The van der Waals surface area contributed by atoms with Gasteiger partial charge in [0.2, 0.25) is 0 Å². The number of nitrogen functional groups attached to an aromatic ring is 1. The van der Waals surface area contributed by atoms with Crippen LogP contribution in [0.5, 0.6) is 5.75 Å². The molecule has 0 aliphatic rings. The number of nitriles is 1. The molecule has 4 nitrogen and oxygen atoms in total. The van der Waals surface area contributed by atoms with E-state index in [2.05, 4.69) is 11.5 Å². The highest BCUT2D eigenvalue weighted by atomic mass is 16.5. The summed E-state index contributed by atoms with van der Waals surface area (Å²) >= 11 is 0. The fourth-order valence-electron chi connectivity index (χ4n) is 1.87. The van der Waals surface area contributed by atoms with Crippen LogP contribution in [0.3, 0.4) is 0 Å². The first kappa shape index (κ1) is 13.7. The first-order valence-electron chi connectivity index (χ1n) is 6.10. The molecule has 0 radical (unpaired) electrons. The zero-order valence-corrected chi connectivity index (χ0v) is 11.1. The number of nitrogens with one attached hydrogen (secondary N) is 1. The first-order chi connectivity index (χ1) is 9.78. The van der Waals surface area contributed by atoms with Crippen LogP contribution in [0, 0.1) is 11.3 Å². The van der Waals surface area contributed by atoms with E-state index in [0.29, 0.717) is 11.3 Å². The van der Waals surface area contributed by atoms with Gasteiger partial charge in [0, 0.05) is 11.6 Å². The summed E-state index contributed by atoms with van der Waals surface area (Å²) in [6.07, 6.45) is 1.80. The predicted octanol–water partition coefficient (Wildman–Crippen LogP) is 3.04. The molecule has 100 valence electrons. The van der Waals surface area contributed by atoms with Crippen molar-refractivity contribution in [3.63, 3.8) is 0 Å². The minimum absolute atomic E-state index is 0.581. The lowest BCUT2D eigenvalue weighted by atomic mass is 10.0. The fraction of sp³-hybridized carbons (Fsp3) is 0.0625. The Morgan fingerprint density at radius 3 is 2.60 bits per heavy atom. The van der Waals surface area contributed by atoms with Gasteiger partial charge in [0.05, 0.1) is 24.4 Å². The van der Waals surface area contributed by atoms with Gasteiger partial charge in [-0.3, -0.25) is 5.84 Å². The Balaban J connectivity index is 2.46. The number of nitrogens with zero attached hydrogens (tertiary/aromatic N) is 1. The number of hydrogen-bond acceptors (Lipinski definition) is 4. The van der Waals surface area contributed by atoms with E-state index in [4.69, 9.17) is 10.6 Å². The third-order valence-electron chi connectivity index (χ3n) is 2.91. The van der Waals surface area contributed by atoms with Crippen molar-refractivity contribution in [1.29, 1.82) is 5.26 Å². The van der Waals surface area contributed by atoms with Gasteiger partial charge < -0.3 is 10.2 Å². The Hall–Kier alpha value is -2.77. The van der Waals surface area contributed by atoms with Crippen molar-refractivity contribution in [1.82, 2.24) is 0 Å². The molecular weight excluding hydrogens is 250 g/mol. The number of anilines is 1. The molecule has 0 aliphatic heterocycles. The van der Waals surface area contributed by atoms with Gasteiger partial charge in [-0.25, -0.2) is 0 Å². The summed E-state index contributed by atoms with van der Waals surface area (Å²) in [5, 5.41) is 9.31. The molecule has 4 heteroatoms. The Bertz CT molecular complexity index is 657. The van der Waals surface area contributed by atoms with Gasteiger partial charge in [-0.2, -0.15) is 5.26 Å². The van der Waals surface area contributed by atoms with Crippen LogP contribution in [0.4, 0.5) is 5.69 Å². The van der Waals surface area contributed by atoms with Crippen LogP contribution in [-0.4, -0.2) is 7.11 Å². The molecule has 0 spiro atoms. The van der Waals surface area contributed by atoms with Gasteiger partial charge in [-0.05, 0) is 23.8 Å². The van der Waals surface area contributed by atoms with Crippen molar-refractivity contribution in [2.75, 3.05) is 12.5 Å². The average molecular weight is 265 g/mol. The highest BCUT2D eigenvalue weighted by Crippen LogP contribution is 2.27. The van der Waals surface area contributed by atoms with Gasteiger partial charge in [-0.1, -0.05) is 30.3 Å². The lowest BCUT2D eigenvalue weighted by molar-refractivity contribution is 0.414. The van der Waals surface area contributed by atoms with Gasteiger partial charge in [-0.15, -0.1) is 0 Å². The predicted molar refractivity (Wildman–Crippen MR) is 80.7 cm³/mol. The molecule has 2 aromatic rings. The molecule has 0 bridgehead atoms. The van der Waals surface area contributed by atoms with E-state index in [1.165, 1.54) is 0 Å². The van der Waals surface area contributed by atoms with Crippen molar-refractivity contribution >= 4 is 17.3 Å². The quantitative estimate of drug-likeness (QED) is 0.386. The summed E-state index contributed by atoms with van der Waals surface area (Å²) in [4.78, 5) is 0. The maximum atomic E-state index is 9.31.